The Balaban J connectivity index is -0.0000000250. The Bertz CT molecular complexity index is 1300. The Morgan fingerprint density at radius 2 is 0.286 bits per heavy atom. The van der Waals surface area contributed by atoms with E-state index in [0.717, 1.165) is 0 Å². The Hall–Kier alpha value is -2.75. The molecule has 0 unspecified atom stereocenters. The number of quaternary nitrogens is 6. The maximum absolute atomic E-state index is 9.16. The van der Waals surface area contributed by atoms with Crippen molar-refractivity contribution in [1.82, 2.24) is 36.9 Å². The minimum Gasteiger partial charge on any atom is -0.369 e. The van der Waals surface area contributed by atoms with Crippen LogP contribution in [0, 0.1) is 61.2 Å². The zero-order valence-electron chi connectivity index (χ0n) is 21.5. The Labute approximate surface area is 246 Å². The summed E-state index contributed by atoms with van der Waals surface area (Å²) in [7, 11) is 0. The molecule has 0 aromatic carbocycles. The molecule has 0 heterocycles. The minimum atomic E-state index is -5.22. The molecule has 0 radical (unpaired) electrons. The van der Waals surface area contributed by atoms with E-state index in [9.17, 15) is 0 Å². The molecule has 0 spiro atoms. The van der Waals surface area contributed by atoms with Gasteiger partial charge < -0.3 is 36.9 Å². The fraction of sp³-hybridized carbons (Fsp3) is 0. The second-order valence-electron chi connectivity index (χ2n) is 3.27. The molecule has 0 rings (SSSR count). The molecule has 30 nitrogen and oxygen atoms in total. The summed E-state index contributed by atoms with van der Waals surface area (Å²) in [6, 6.07) is 0. The van der Waals surface area contributed by atoms with E-state index in [1.54, 1.807) is 0 Å². The monoisotopic (exact) mass is 864 g/mol. The van der Waals surface area contributed by atoms with Crippen LogP contribution in [0.2, 0.25) is 0 Å². The van der Waals surface area contributed by atoms with E-state index < -0.39 is 79.7 Å². The first-order valence-electron chi connectivity index (χ1n) is 5.57. The number of hydrogen-bond acceptors (Lipinski definition) is 24. The summed E-state index contributed by atoms with van der Waals surface area (Å²) in [5.41, 5.74) is 0. The zero-order chi connectivity index (χ0) is 31.2. The SMILES string of the molecule is N#[C][Cr](=[O])(=[O])[O-].N#[C][Cr](=[O])(=[O])[O-].N#[C][Cr](=[O])(=[O])[O-].N#[C][Cr](=[O])(=[O])[O-].N#[C][Cr](=[O])(=[O])[O-].N#[C][Cr](=[O])(=[O])[O-].[NH4+].[NH4+].[NH4+].[NH4+].[NH4+].[NH4+]. The molecule has 252 valence electrons. The van der Waals surface area contributed by atoms with Crippen molar-refractivity contribution < 1.29 is 150 Å². The molecule has 0 aromatic heterocycles. The summed E-state index contributed by atoms with van der Waals surface area (Å²) < 4.78 is 165. The van der Waals surface area contributed by atoms with E-state index in [4.69, 9.17) is 102 Å². The molecule has 0 bridgehead atoms. The summed E-state index contributed by atoms with van der Waals surface area (Å²) in [4.78, 5) is 3.56. The minimum absolute atomic E-state index is 0. The Kier molecular flexibility index (Phi) is 63.4. The predicted molar refractivity (Wildman–Crippen MR) is 77.8 cm³/mol. The molecule has 0 atom stereocenters. The third-order valence-corrected chi connectivity index (χ3v) is 2.77. The number of nitrogens with zero attached hydrogens (tertiary/aromatic N) is 6. The molecule has 24 N–H and O–H groups in total. The van der Waals surface area contributed by atoms with Crippen LogP contribution < -0.4 is 61.9 Å². The quantitative estimate of drug-likeness (QED) is 0.132. The Morgan fingerprint density at radius 3 is 0.286 bits per heavy atom. The van der Waals surface area contributed by atoms with E-state index in [1.165, 1.54) is 0 Å². The van der Waals surface area contributed by atoms with Crippen molar-refractivity contribution in [2.75, 3.05) is 0 Å². The summed E-state index contributed by atoms with van der Waals surface area (Å²) >= 11 is -31.3. The van der Waals surface area contributed by atoms with Gasteiger partial charge in [0.1, 0.15) is 0 Å². The van der Waals surface area contributed by atoms with Crippen molar-refractivity contribution in [3.63, 3.8) is 0 Å². The van der Waals surface area contributed by atoms with Gasteiger partial charge in [0.25, 0.3) is 0 Å². The smallest absolute Gasteiger partial charge is 0.369 e. The molecule has 0 saturated heterocycles. The van der Waals surface area contributed by atoms with Gasteiger partial charge in [-0.05, 0) is 0 Å². The van der Waals surface area contributed by atoms with Crippen LogP contribution >= 0.6 is 0 Å². The van der Waals surface area contributed by atoms with E-state index >= 15 is 0 Å². The molecule has 0 amide bonds. The van der Waals surface area contributed by atoms with E-state index in [-0.39, 0.29) is 36.9 Å². The first kappa shape index (κ1) is 77.3. The van der Waals surface area contributed by atoms with Crippen LogP contribution in [0.3, 0.4) is 0 Å². The van der Waals surface area contributed by atoms with E-state index in [1.807, 2.05) is 0 Å². The standard InChI is InChI=1S/6CN.6Cr.6H3N.18O/c6*1-2;;;;;;;;;;;;;;;;;;;;;;;;;;;;;;/h;;;;;;;;;;;;6*1H3;;;;;;;;;;;;;;;;;;/q;;;;;;;;;;;;;;;;;;;;;;;;;;;;;;6*-1/p+6. The van der Waals surface area contributed by atoms with Crippen LogP contribution in [-0.4, -0.2) is 0 Å². The molecule has 0 saturated carbocycles. The van der Waals surface area contributed by atoms with Gasteiger partial charge in [-0.15, -0.1) is 0 Å². The van der Waals surface area contributed by atoms with Crippen molar-refractivity contribution in [2.24, 2.45) is 0 Å². The van der Waals surface area contributed by atoms with Crippen LogP contribution in [0.5, 0.6) is 0 Å². The summed E-state index contributed by atoms with van der Waals surface area (Å²) in [6.45, 7) is 0. The summed E-state index contributed by atoms with van der Waals surface area (Å²) in [5, 5.41) is 43.7. The topological polar surface area (TPSA) is 705 Å². The average Bonchev–Trinajstić information content (AvgIpc) is 2.67. The fourth-order valence-electron chi connectivity index (χ4n) is 0. The van der Waals surface area contributed by atoms with Crippen molar-refractivity contribution in [3.05, 3.63) is 0 Å². The average molecular weight is 864 g/mol. The molecular weight excluding hydrogens is 840 g/mol. The number of hydrogen-bond donors (Lipinski definition) is 6. The Morgan fingerprint density at radius 1 is 0.262 bits per heavy atom. The van der Waals surface area contributed by atoms with Gasteiger partial charge in [-0.25, -0.2) is 0 Å². The van der Waals surface area contributed by atoms with Gasteiger partial charge in [0, 0.05) is 0 Å². The number of nitriles is 6. The van der Waals surface area contributed by atoms with Crippen molar-refractivity contribution in [1.29, 1.82) is 31.6 Å². The third kappa shape index (κ3) is 210. The zero-order valence-corrected chi connectivity index (χ0v) is 29.1. The van der Waals surface area contributed by atoms with Gasteiger partial charge in [-0.1, -0.05) is 0 Å². The fourth-order valence-corrected chi connectivity index (χ4v) is 0. The first-order chi connectivity index (χ1) is 15.4. The maximum Gasteiger partial charge on any atom is -0.369 e. The third-order valence-electron chi connectivity index (χ3n) is 0.671. The summed E-state index contributed by atoms with van der Waals surface area (Å²) in [5.74, 6) is 0. The second kappa shape index (κ2) is 34.5. The largest absolute Gasteiger partial charge is 0.369 e. The second-order valence-corrected chi connectivity index (χ2v) is 13.5. The van der Waals surface area contributed by atoms with Gasteiger partial charge >= 0.3 is 211 Å². The van der Waals surface area contributed by atoms with Crippen LogP contribution in [0.1, 0.15) is 0 Å². The molecule has 0 aliphatic carbocycles. The molecule has 0 aliphatic heterocycles. The molecule has 0 aromatic rings. The van der Waals surface area contributed by atoms with E-state index in [2.05, 4.69) is 0 Å². The van der Waals surface area contributed by atoms with Crippen molar-refractivity contribution in [2.45, 2.75) is 0 Å². The van der Waals surface area contributed by atoms with Gasteiger partial charge in [0.05, 0.1) is 0 Å². The van der Waals surface area contributed by atoms with Gasteiger partial charge in [0.2, 0.25) is 0 Å². The van der Waals surface area contributed by atoms with Gasteiger partial charge in [-0.3, -0.25) is 0 Å². The maximum atomic E-state index is 9.16. The first-order valence-corrected chi connectivity index (χ1v) is 18.8. The van der Waals surface area contributed by atoms with Gasteiger partial charge in [0.15, 0.2) is 0 Å². The van der Waals surface area contributed by atoms with Crippen LogP contribution in [0.4, 0.5) is 0 Å². The van der Waals surface area contributed by atoms with Gasteiger partial charge in [-0.2, -0.15) is 0 Å². The molecule has 0 aliphatic rings. The molecular formula is C6H24Cr6N12O18. The predicted octanol–water partition coefficient (Wildman–Crippen LogP) is -6.22. The van der Waals surface area contributed by atoms with Crippen molar-refractivity contribution in [3.8, 4) is 29.6 Å². The number of rotatable bonds is 0. The van der Waals surface area contributed by atoms with Crippen molar-refractivity contribution >= 4 is 0 Å². The van der Waals surface area contributed by atoms with Crippen LogP contribution in [-0.2, 0) is 125 Å². The molecule has 42 heavy (non-hydrogen) atoms. The van der Waals surface area contributed by atoms with E-state index in [0.29, 0.717) is 29.6 Å². The van der Waals surface area contributed by atoms with Crippen LogP contribution in [0.25, 0.3) is 0 Å². The molecule has 0 fully saturated rings. The normalized spacial score (nSPS) is 8.57. The van der Waals surface area contributed by atoms with Crippen LogP contribution in [0.15, 0.2) is 0 Å². The summed E-state index contributed by atoms with van der Waals surface area (Å²) in [6.07, 6.45) is 0. The molecule has 36 heteroatoms.